The average Bonchev–Trinajstić information content (AvgIpc) is 3.33. The number of fused-ring (bicyclic) bond motifs is 1. The number of nitrogens with one attached hydrogen (secondary N) is 3. The van der Waals surface area contributed by atoms with Crippen molar-refractivity contribution in [2.24, 2.45) is 0 Å². The van der Waals surface area contributed by atoms with E-state index in [-0.39, 0.29) is 24.2 Å². The van der Waals surface area contributed by atoms with Gasteiger partial charge in [0.1, 0.15) is 5.60 Å². The lowest BCUT2D eigenvalue weighted by Crippen LogP contribution is -2.55. The summed E-state index contributed by atoms with van der Waals surface area (Å²) >= 11 is 6.49. The number of hydrogen-bond donors (Lipinski definition) is 3. The molecule has 2 atom stereocenters. The second kappa shape index (κ2) is 11.3. The highest BCUT2D eigenvalue weighted by molar-refractivity contribution is 6.33. The van der Waals surface area contributed by atoms with Crippen molar-refractivity contribution in [3.63, 3.8) is 0 Å². The van der Waals surface area contributed by atoms with Crippen LogP contribution >= 0.6 is 11.6 Å². The highest BCUT2D eigenvalue weighted by Crippen LogP contribution is 2.32. The highest BCUT2D eigenvalue weighted by Gasteiger charge is 2.30. The van der Waals surface area contributed by atoms with Gasteiger partial charge in [0.05, 0.1) is 16.9 Å². The molecular weight excluding hydrogens is 518 g/mol. The van der Waals surface area contributed by atoms with E-state index in [1.54, 1.807) is 16.0 Å². The fourth-order valence-electron chi connectivity index (χ4n) is 5.21. The second-order valence-electron chi connectivity index (χ2n) is 11.2. The molecule has 3 aromatic rings. The maximum absolute atomic E-state index is 13.0. The molecule has 0 bridgehead atoms. The van der Waals surface area contributed by atoms with Crippen LogP contribution in [0.3, 0.4) is 0 Å². The summed E-state index contributed by atoms with van der Waals surface area (Å²) in [5.41, 5.74) is 2.10. The van der Waals surface area contributed by atoms with Crippen LogP contribution in [-0.4, -0.2) is 80.7 Å². The third kappa shape index (κ3) is 6.55. The van der Waals surface area contributed by atoms with Gasteiger partial charge in [0, 0.05) is 60.9 Å². The van der Waals surface area contributed by atoms with Crippen molar-refractivity contribution in [2.75, 3.05) is 31.5 Å². The fraction of sp³-hybridized carbons (Fsp3) is 0.500. The first-order chi connectivity index (χ1) is 18.7. The number of nitrogens with zero attached hydrogens (tertiary/aromatic N) is 4. The fourth-order valence-corrected chi connectivity index (χ4v) is 5.40. The Kier molecular flexibility index (Phi) is 7.83. The summed E-state index contributed by atoms with van der Waals surface area (Å²) in [6.45, 7) is 7.44. The van der Waals surface area contributed by atoms with Crippen LogP contribution in [0.25, 0.3) is 22.2 Å². The molecule has 3 N–H and O–H groups in total. The van der Waals surface area contributed by atoms with Crippen LogP contribution in [-0.2, 0) is 4.74 Å². The van der Waals surface area contributed by atoms with Crippen molar-refractivity contribution in [3.8, 4) is 11.3 Å². The van der Waals surface area contributed by atoms with Crippen LogP contribution < -0.4 is 10.6 Å². The summed E-state index contributed by atoms with van der Waals surface area (Å²) < 4.78 is 5.45. The number of carbonyl (C=O) groups is 2. The van der Waals surface area contributed by atoms with Crippen LogP contribution in [0.15, 0.2) is 36.7 Å². The molecule has 1 aromatic carbocycles. The molecule has 208 valence electrons. The minimum Gasteiger partial charge on any atom is -0.444 e. The number of carbonyl (C=O) groups excluding carboxylic acids is 2. The zero-order chi connectivity index (χ0) is 27.6. The van der Waals surface area contributed by atoms with Crippen LogP contribution in [0.1, 0.15) is 46.5 Å². The van der Waals surface area contributed by atoms with Crippen LogP contribution in [0.4, 0.5) is 15.5 Å². The first-order valence-electron chi connectivity index (χ1n) is 13.6. The van der Waals surface area contributed by atoms with Gasteiger partial charge in [-0.2, -0.15) is 0 Å². The summed E-state index contributed by atoms with van der Waals surface area (Å²) in [6.07, 6.45) is 6.87. The van der Waals surface area contributed by atoms with Crippen molar-refractivity contribution in [3.05, 3.63) is 41.7 Å². The minimum atomic E-state index is -0.536. The molecule has 2 aliphatic rings. The molecule has 3 amide bonds. The lowest BCUT2D eigenvalue weighted by Gasteiger charge is -2.37. The quantitative estimate of drug-likeness (QED) is 0.406. The third-order valence-corrected chi connectivity index (χ3v) is 7.42. The van der Waals surface area contributed by atoms with Gasteiger partial charge < -0.3 is 30.2 Å². The van der Waals surface area contributed by atoms with E-state index in [2.05, 4.69) is 20.6 Å². The molecule has 5 rings (SSSR count). The first kappa shape index (κ1) is 27.1. The monoisotopic (exact) mass is 553 g/mol. The molecular formula is C28H36ClN7O3. The Hall–Kier alpha value is -3.53. The van der Waals surface area contributed by atoms with Crippen molar-refractivity contribution < 1.29 is 14.3 Å². The molecule has 1 aliphatic carbocycles. The van der Waals surface area contributed by atoms with Crippen molar-refractivity contribution in [1.29, 1.82) is 0 Å². The van der Waals surface area contributed by atoms with Gasteiger partial charge in [-0.15, -0.1) is 0 Å². The molecule has 1 unspecified atom stereocenters. The second-order valence-corrected chi connectivity index (χ2v) is 11.7. The Morgan fingerprint density at radius 2 is 1.79 bits per heavy atom. The van der Waals surface area contributed by atoms with Crippen molar-refractivity contribution in [1.82, 2.24) is 30.1 Å². The van der Waals surface area contributed by atoms with Gasteiger partial charge in [0.2, 0.25) is 5.95 Å². The Labute approximate surface area is 233 Å². The van der Waals surface area contributed by atoms with Crippen molar-refractivity contribution >= 4 is 40.6 Å². The zero-order valence-electron chi connectivity index (χ0n) is 22.7. The molecule has 3 heterocycles. The summed E-state index contributed by atoms with van der Waals surface area (Å²) in [5.74, 6) is 0.523. The van der Waals surface area contributed by atoms with Gasteiger partial charge in [-0.3, -0.25) is 0 Å². The number of aromatic amines is 1. The van der Waals surface area contributed by atoms with Gasteiger partial charge in [-0.05, 0) is 52.5 Å². The maximum atomic E-state index is 13.0. The van der Waals surface area contributed by atoms with E-state index in [0.717, 1.165) is 42.1 Å². The normalized spacial score (nSPS) is 20.1. The number of H-pyrrole nitrogens is 1. The number of benzene rings is 1. The van der Waals surface area contributed by atoms with E-state index in [0.29, 0.717) is 42.8 Å². The van der Waals surface area contributed by atoms with Gasteiger partial charge in [0.25, 0.3) is 0 Å². The van der Waals surface area contributed by atoms with E-state index >= 15 is 0 Å². The standard InChI is InChI=1S/C28H36ClN7O3/c1-28(2,3)39-27(38)36-13-11-35(12-14-36)26(37)33-19-8-6-7-18(15-19)32-25-31-17-22(29)24(34-25)21-16-30-23-10-5-4-9-20(21)23/h4-5,9-10,16-19,30H,6-8,11-15H2,1-3H3,(H,33,37)(H,31,32,34)/t18?,19-/m0/s1. The molecule has 1 saturated carbocycles. The number of anilines is 1. The number of urea groups is 1. The van der Waals surface area contributed by atoms with Crippen LogP contribution in [0.5, 0.6) is 0 Å². The Morgan fingerprint density at radius 3 is 2.56 bits per heavy atom. The summed E-state index contributed by atoms with van der Waals surface area (Å²) in [6, 6.07) is 8.13. The van der Waals surface area contributed by atoms with E-state index in [1.807, 2.05) is 51.2 Å². The topological polar surface area (TPSA) is 115 Å². The van der Waals surface area contributed by atoms with E-state index < -0.39 is 5.60 Å². The predicted molar refractivity (Wildman–Crippen MR) is 152 cm³/mol. The molecule has 1 saturated heterocycles. The molecule has 2 fully saturated rings. The first-order valence-corrected chi connectivity index (χ1v) is 13.9. The SMILES string of the molecule is CC(C)(C)OC(=O)N1CCN(C(=O)N[C@H]2CCCC(Nc3ncc(Cl)c(-c4c[nH]c5ccccc45)n3)C2)CC1. The Morgan fingerprint density at radius 1 is 1.08 bits per heavy atom. The molecule has 0 radical (unpaired) electrons. The molecule has 0 spiro atoms. The van der Waals surface area contributed by atoms with E-state index in [1.165, 1.54) is 0 Å². The number of amides is 3. The summed E-state index contributed by atoms with van der Waals surface area (Å²) in [4.78, 5) is 41.2. The van der Waals surface area contributed by atoms with Crippen molar-refractivity contribution in [2.45, 2.75) is 64.1 Å². The summed E-state index contributed by atoms with van der Waals surface area (Å²) in [7, 11) is 0. The third-order valence-electron chi connectivity index (χ3n) is 7.14. The number of ether oxygens (including phenoxy) is 1. The molecule has 10 nitrogen and oxygen atoms in total. The Bertz CT molecular complexity index is 1330. The number of piperazine rings is 1. The lowest BCUT2D eigenvalue weighted by atomic mass is 9.91. The minimum absolute atomic E-state index is 0.0491. The zero-order valence-corrected chi connectivity index (χ0v) is 23.4. The largest absolute Gasteiger partial charge is 0.444 e. The van der Waals surface area contributed by atoms with E-state index in [9.17, 15) is 9.59 Å². The lowest BCUT2D eigenvalue weighted by molar-refractivity contribution is 0.0168. The van der Waals surface area contributed by atoms with Crippen LogP contribution in [0, 0.1) is 0 Å². The van der Waals surface area contributed by atoms with Gasteiger partial charge in [-0.25, -0.2) is 19.6 Å². The molecule has 1 aliphatic heterocycles. The van der Waals surface area contributed by atoms with E-state index in [4.69, 9.17) is 21.3 Å². The molecule has 39 heavy (non-hydrogen) atoms. The number of para-hydroxylation sites is 1. The van der Waals surface area contributed by atoms with Gasteiger partial charge >= 0.3 is 12.1 Å². The number of halogens is 1. The molecule has 2 aromatic heterocycles. The maximum Gasteiger partial charge on any atom is 0.410 e. The van der Waals surface area contributed by atoms with Gasteiger partial charge in [0.15, 0.2) is 0 Å². The average molecular weight is 554 g/mol. The summed E-state index contributed by atoms with van der Waals surface area (Å²) in [5, 5.41) is 8.20. The number of hydrogen-bond acceptors (Lipinski definition) is 6. The smallest absolute Gasteiger partial charge is 0.410 e. The molecule has 11 heteroatoms. The van der Waals surface area contributed by atoms with Gasteiger partial charge in [-0.1, -0.05) is 29.8 Å². The number of aromatic nitrogens is 3. The number of rotatable bonds is 4. The highest BCUT2D eigenvalue weighted by atomic mass is 35.5. The Balaban J connectivity index is 1.16. The van der Waals surface area contributed by atoms with Crippen LogP contribution in [0.2, 0.25) is 5.02 Å². The predicted octanol–water partition coefficient (Wildman–Crippen LogP) is 5.26.